The zero-order chi connectivity index (χ0) is 15.3. The summed E-state index contributed by atoms with van der Waals surface area (Å²) in [6.45, 7) is 0. The summed E-state index contributed by atoms with van der Waals surface area (Å²) >= 11 is 0. The van der Waals surface area contributed by atoms with Gasteiger partial charge in [-0.25, -0.2) is 5.43 Å². The summed E-state index contributed by atoms with van der Waals surface area (Å²) in [7, 11) is 0. The maximum Gasteiger partial charge on any atom is 0.275 e. The number of hydrogen-bond acceptors (Lipinski definition) is 4. The Hall–Kier alpha value is -2.89. The van der Waals surface area contributed by atoms with Crippen LogP contribution in [0, 0.1) is 11.8 Å². The van der Waals surface area contributed by atoms with Crippen LogP contribution in [0.1, 0.15) is 12.0 Å². The van der Waals surface area contributed by atoms with Gasteiger partial charge in [0.05, 0.1) is 17.0 Å². The first kappa shape index (κ1) is 12.8. The summed E-state index contributed by atoms with van der Waals surface area (Å²) in [5.41, 5.74) is 11.6. The van der Waals surface area contributed by atoms with Gasteiger partial charge < -0.3 is 11.1 Å². The number of primary amides is 1. The van der Waals surface area contributed by atoms with Crippen LogP contribution in [0.5, 0.6) is 0 Å². The van der Waals surface area contributed by atoms with Gasteiger partial charge in [0, 0.05) is 17.5 Å². The minimum Gasteiger partial charge on any atom is -0.369 e. The third-order valence-electron chi connectivity index (χ3n) is 4.20. The van der Waals surface area contributed by atoms with Crippen molar-refractivity contribution < 1.29 is 9.59 Å². The average molecular weight is 294 g/mol. The topological polar surface area (TPSA) is 96.6 Å². The number of carbonyl (C=O) groups excluding carboxylic acids is 2. The Balaban J connectivity index is 1.71. The minimum absolute atomic E-state index is 0.0636. The molecule has 4 N–H and O–H groups in total. The number of nitrogens with zero attached hydrogens (tertiary/aromatic N) is 1. The first-order valence-electron chi connectivity index (χ1n) is 7.11. The average Bonchev–Trinajstić information content (AvgIpc) is 3.23. The number of anilines is 1. The second-order valence-electron chi connectivity index (χ2n) is 5.62. The SMILES string of the molecule is NC(=O)C1CC1C1=NNC(=O)C1=C1C=Cc2ccccc2N1. The molecular formula is C16H14N4O2. The fraction of sp³-hybridized carbons (Fsp3) is 0.188. The van der Waals surface area contributed by atoms with E-state index in [-0.39, 0.29) is 23.7 Å². The van der Waals surface area contributed by atoms with E-state index in [1.54, 1.807) is 0 Å². The molecule has 2 aliphatic heterocycles. The summed E-state index contributed by atoms with van der Waals surface area (Å²) in [5, 5.41) is 7.36. The molecule has 2 unspecified atom stereocenters. The third kappa shape index (κ3) is 1.92. The molecule has 0 saturated heterocycles. The number of hydrazone groups is 1. The third-order valence-corrected chi connectivity index (χ3v) is 4.20. The summed E-state index contributed by atoms with van der Waals surface area (Å²) < 4.78 is 0. The van der Waals surface area contributed by atoms with Crippen LogP contribution in [0.4, 0.5) is 5.69 Å². The van der Waals surface area contributed by atoms with Gasteiger partial charge in [-0.1, -0.05) is 24.3 Å². The van der Waals surface area contributed by atoms with Crippen molar-refractivity contribution in [1.29, 1.82) is 0 Å². The Morgan fingerprint density at radius 1 is 1.27 bits per heavy atom. The fourth-order valence-corrected chi connectivity index (χ4v) is 2.94. The van der Waals surface area contributed by atoms with Gasteiger partial charge in [-0.15, -0.1) is 0 Å². The summed E-state index contributed by atoms with van der Waals surface area (Å²) in [4.78, 5) is 23.4. The molecule has 110 valence electrons. The number of allylic oxidation sites excluding steroid dienone is 1. The predicted molar refractivity (Wildman–Crippen MR) is 82.5 cm³/mol. The summed E-state index contributed by atoms with van der Waals surface area (Å²) in [5.74, 6) is -0.876. The van der Waals surface area contributed by atoms with E-state index in [4.69, 9.17) is 5.73 Å². The molecule has 0 radical (unpaired) electrons. The van der Waals surface area contributed by atoms with Crippen LogP contribution in [-0.4, -0.2) is 17.5 Å². The Kier molecular flexibility index (Phi) is 2.66. The first-order valence-corrected chi connectivity index (χ1v) is 7.11. The van der Waals surface area contributed by atoms with Gasteiger partial charge in [0.2, 0.25) is 5.91 Å². The van der Waals surface area contributed by atoms with Crippen molar-refractivity contribution in [3.8, 4) is 0 Å². The maximum atomic E-state index is 12.1. The fourth-order valence-electron chi connectivity index (χ4n) is 2.94. The monoisotopic (exact) mass is 294 g/mol. The number of amides is 2. The van der Waals surface area contributed by atoms with E-state index < -0.39 is 0 Å². The van der Waals surface area contributed by atoms with Gasteiger partial charge in [-0.3, -0.25) is 9.59 Å². The van der Waals surface area contributed by atoms with E-state index in [0.717, 1.165) is 11.3 Å². The van der Waals surface area contributed by atoms with Crippen LogP contribution in [0.2, 0.25) is 0 Å². The molecule has 0 bridgehead atoms. The molecule has 4 rings (SSSR count). The van der Waals surface area contributed by atoms with Crippen molar-refractivity contribution in [3.63, 3.8) is 0 Å². The number of benzene rings is 1. The lowest BCUT2D eigenvalue weighted by atomic mass is 9.99. The highest BCUT2D eigenvalue weighted by molar-refractivity contribution is 6.28. The Bertz CT molecular complexity index is 791. The molecule has 1 saturated carbocycles. The van der Waals surface area contributed by atoms with Crippen LogP contribution < -0.4 is 16.5 Å². The van der Waals surface area contributed by atoms with E-state index in [1.165, 1.54) is 0 Å². The standard InChI is InChI=1S/C16H14N4O2/c17-15(21)10-7-9(10)14-13(16(22)20-19-14)12-6-5-8-3-1-2-4-11(8)18-12/h1-6,9-10,18H,7H2,(H2,17,21)(H,20,22). The molecule has 6 nitrogen and oxygen atoms in total. The lowest BCUT2D eigenvalue weighted by Gasteiger charge is -2.17. The van der Waals surface area contributed by atoms with Crippen LogP contribution in [-0.2, 0) is 9.59 Å². The molecule has 0 aromatic heterocycles. The maximum absolute atomic E-state index is 12.1. The Morgan fingerprint density at radius 2 is 2.09 bits per heavy atom. The quantitative estimate of drug-likeness (QED) is 0.709. The molecule has 2 amide bonds. The van der Waals surface area contributed by atoms with Crippen LogP contribution >= 0.6 is 0 Å². The van der Waals surface area contributed by atoms with Crippen molar-refractivity contribution in [2.45, 2.75) is 6.42 Å². The largest absolute Gasteiger partial charge is 0.369 e. The molecule has 6 heteroatoms. The lowest BCUT2D eigenvalue weighted by Crippen LogP contribution is -2.21. The van der Waals surface area contributed by atoms with E-state index >= 15 is 0 Å². The first-order chi connectivity index (χ1) is 10.6. The van der Waals surface area contributed by atoms with Crippen molar-refractivity contribution in [2.75, 3.05) is 5.32 Å². The van der Waals surface area contributed by atoms with Crippen LogP contribution in [0.15, 0.2) is 46.7 Å². The number of nitrogens with one attached hydrogen (secondary N) is 2. The summed E-state index contributed by atoms with van der Waals surface area (Å²) in [6.07, 6.45) is 4.47. The normalized spacial score (nSPS) is 28.5. The van der Waals surface area contributed by atoms with E-state index in [9.17, 15) is 9.59 Å². The van der Waals surface area contributed by atoms with Gasteiger partial charge in [-0.2, -0.15) is 5.10 Å². The number of fused-ring (bicyclic) bond motifs is 1. The minimum atomic E-state index is -0.339. The zero-order valence-corrected chi connectivity index (χ0v) is 11.7. The molecule has 0 spiro atoms. The zero-order valence-electron chi connectivity index (χ0n) is 11.7. The lowest BCUT2D eigenvalue weighted by molar-refractivity contribution is -0.119. The molecule has 1 aromatic carbocycles. The second kappa shape index (κ2) is 4.56. The smallest absolute Gasteiger partial charge is 0.275 e. The van der Waals surface area contributed by atoms with Crippen molar-refractivity contribution >= 4 is 29.3 Å². The molecule has 22 heavy (non-hydrogen) atoms. The number of nitrogens with two attached hydrogens (primary N) is 1. The molecular weight excluding hydrogens is 280 g/mol. The van der Waals surface area contributed by atoms with Gasteiger partial charge >= 0.3 is 0 Å². The number of hydrogen-bond donors (Lipinski definition) is 3. The Labute approximate surface area is 126 Å². The number of rotatable bonds is 2. The summed E-state index contributed by atoms with van der Waals surface area (Å²) in [6, 6.07) is 7.83. The van der Waals surface area contributed by atoms with Crippen LogP contribution in [0.25, 0.3) is 6.08 Å². The molecule has 2 heterocycles. The number of para-hydroxylation sites is 1. The predicted octanol–water partition coefficient (Wildman–Crippen LogP) is 0.987. The van der Waals surface area contributed by atoms with Gasteiger partial charge in [0.25, 0.3) is 5.91 Å². The van der Waals surface area contributed by atoms with Gasteiger partial charge in [-0.05, 0) is 24.1 Å². The highest BCUT2D eigenvalue weighted by Gasteiger charge is 2.49. The molecule has 2 atom stereocenters. The second-order valence-corrected chi connectivity index (χ2v) is 5.62. The van der Waals surface area contributed by atoms with E-state index in [1.807, 2.05) is 36.4 Å². The highest BCUT2D eigenvalue weighted by atomic mass is 16.2. The van der Waals surface area contributed by atoms with E-state index in [0.29, 0.717) is 23.4 Å². The van der Waals surface area contributed by atoms with Gasteiger partial charge in [0.1, 0.15) is 0 Å². The van der Waals surface area contributed by atoms with Gasteiger partial charge in [0.15, 0.2) is 0 Å². The molecule has 1 aromatic rings. The molecule has 1 fully saturated rings. The van der Waals surface area contributed by atoms with Crippen LogP contribution in [0.3, 0.4) is 0 Å². The van der Waals surface area contributed by atoms with Crippen molar-refractivity contribution in [3.05, 3.63) is 47.2 Å². The van der Waals surface area contributed by atoms with Crippen molar-refractivity contribution in [2.24, 2.45) is 22.7 Å². The molecule has 3 aliphatic rings. The molecule has 1 aliphatic carbocycles. The van der Waals surface area contributed by atoms with Crippen molar-refractivity contribution in [1.82, 2.24) is 5.43 Å². The number of carbonyl (C=O) groups is 2. The van der Waals surface area contributed by atoms with E-state index in [2.05, 4.69) is 15.8 Å². The Morgan fingerprint density at radius 3 is 2.86 bits per heavy atom. The highest BCUT2D eigenvalue weighted by Crippen LogP contribution is 2.43.